The Labute approximate surface area is 145 Å². The lowest BCUT2D eigenvalue weighted by molar-refractivity contribution is 0.610. The number of hydrogen-bond donors (Lipinski definition) is 0. The minimum Gasteiger partial charge on any atom is -0.320 e. The van der Waals surface area contributed by atoms with Crippen molar-refractivity contribution in [2.75, 3.05) is 5.88 Å². The smallest absolute Gasteiger partial charge is 0.138 e. The molecule has 0 spiro atoms. The third-order valence-corrected chi connectivity index (χ3v) is 5.25. The van der Waals surface area contributed by atoms with Gasteiger partial charge < -0.3 is 4.57 Å². The van der Waals surface area contributed by atoms with Gasteiger partial charge in [0.2, 0.25) is 0 Å². The Morgan fingerprint density at radius 2 is 2.29 bits per heavy atom. The first kappa shape index (κ1) is 15.2. The van der Waals surface area contributed by atoms with Gasteiger partial charge in [-0.1, -0.05) is 0 Å². The predicted molar refractivity (Wildman–Crippen MR) is 95.0 cm³/mol. The van der Waals surface area contributed by atoms with E-state index in [1.54, 1.807) is 23.5 Å². The average Bonchev–Trinajstić information content (AvgIpc) is 3.07. The van der Waals surface area contributed by atoms with Gasteiger partial charge in [-0.25, -0.2) is 9.37 Å². The molecule has 1 atom stereocenters. The van der Waals surface area contributed by atoms with Gasteiger partial charge in [-0.15, -0.1) is 11.6 Å². The number of nitrogens with zero attached hydrogens (tertiary/aromatic N) is 2. The summed E-state index contributed by atoms with van der Waals surface area (Å²) in [6, 6.07) is 5.57. The van der Waals surface area contributed by atoms with Crippen LogP contribution >= 0.6 is 45.5 Å². The minimum atomic E-state index is -0.209. The molecule has 21 heavy (non-hydrogen) atoms. The van der Waals surface area contributed by atoms with Crippen LogP contribution in [-0.2, 0) is 6.42 Å². The SMILES string of the molecule is CC(c1ccsc1)n1c(CCCl)nc2cc(I)c(F)cc21. The van der Waals surface area contributed by atoms with Crippen molar-refractivity contribution < 1.29 is 4.39 Å². The zero-order valence-electron chi connectivity index (χ0n) is 11.3. The molecule has 0 fully saturated rings. The summed E-state index contributed by atoms with van der Waals surface area (Å²) < 4.78 is 16.6. The molecule has 0 bridgehead atoms. The molecular weight excluding hydrogens is 422 g/mol. The summed E-state index contributed by atoms with van der Waals surface area (Å²) in [5, 5.41) is 4.17. The molecule has 2 nitrogen and oxygen atoms in total. The lowest BCUT2D eigenvalue weighted by Gasteiger charge is -2.16. The summed E-state index contributed by atoms with van der Waals surface area (Å²) in [5.41, 5.74) is 2.85. The van der Waals surface area contributed by atoms with E-state index in [0.29, 0.717) is 15.9 Å². The number of fused-ring (bicyclic) bond motifs is 1. The van der Waals surface area contributed by atoms with Crippen molar-refractivity contribution in [2.45, 2.75) is 19.4 Å². The number of alkyl halides is 1. The fourth-order valence-corrected chi connectivity index (χ4v) is 3.86. The van der Waals surface area contributed by atoms with Crippen molar-refractivity contribution in [3.05, 3.63) is 49.7 Å². The van der Waals surface area contributed by atoms with E-state index in [0.717, 1.165) is 16.9 Å². The quantitative estimate of drug-likeness (QED) is 0.406. The molecule has 110 valence electrons. The van der Waals surface area contributed by atoms with E-state index in [4.69, 9.17) is 11.6 Å². The average molecular weight is 435 g/mol. The van der Waals surface area contributed by atoms with Gasteiger partial charge in [-0.2, -0.15) is 11.3 Å². The Morgan fingerprint density at radius 3 is 2.95 bits per heavy atom. The molecular formula is C15H13ClFIN2S. The van der Waals surface area contributed by atoms with Crippen LogP contribution in [0.25, 0.3) is 11.0 Å². The van der Waals surface area contributed by atoms with Crippen LogP contribution < -0.4 is 0 Å². The molecule has 1 unspecified atom stereocenters. The van der Waals surface area contributed by atoms with Gasteiger partial charge in [-0.05, 0) is 58.0 Å². The highest BCUT2D eigenvalue weighted by molar-refractivity contribution is 14.1. The fraction of sp³-hybridized carbons (Fsp3) is 0.267. The molecule has 0 radical (unpaired) electrons. The molecule has 0 aliphatic heterocycles. The predicted octanol–water partition coefficient (Wildman–Crippen LogP) is 5.23. The lowest BCUT2D eigenvalue weighted by Crippen LogP contribution is -2.10. The number of halogens is 3. The highest BCUT2D eigenvalue weighted by atomic mass is 127. The Balaban J connectivity index is 2.22. The number of thiophene rings is 1. The molecule has 3 rings (SSSR count). The maximum Gasteiger partial charge on any atom is 0.138 e. The van der Waals surface area contributed by atoms with Crippen LogP contribution in [-0.4, -0.2) is 15.4 Å². The van der Waals surface area contributed by atoms with Crippen molar-refractivity contribution >= 4 is 56.6 Å². The summed E-state index contributed by atoms with van der Waals surface area (Å²) in [4.78, 5) is 4.65. The summed E-state index contributed by atoms with van der Waals surface area (Å²) in [6.07, 6.45) is 0.670. The minimum absolute atomic E-state index is 0.110. The van der Waals surface area contributed by atoms with Crippen molar-refractivity contribution in [1.82, 2.24) is 9.55 Å². The first-order valence-corrected chi connectivity index (χ1v) is 9.11. The summed E-state index contributed by atoms with van der Waals surface area (Å²) in [5.74, 6) is 1.19. The second-order valence-electron chi connectivity index (χ2n) is 4.82. The second-order valence-corrected chi connectivity index (χ2v) is 7.14. The first-order valence-electron chi connectivity index (χ1n) is 6.55. The third-order valence-electron chi connectivity index (χ3n) is 3.54. The van der Waals surface area contributed by atoms with E-state index in [1.807, 2.05) is 22.6 Å². The standard InChI is InChI=1S/C15H13ClFIN2S/c1-9(10-3-5-21-8-10)20-14-6-11(17)12(18)7-13(14)19-15(20)2-4-16/h3,5-9H,2,4H2,1H3. The number of imidazole rings is 1. The molecule has 1 aromatic carbocycles. The zero-order chi connectivity index (χ0) is 15.0. The number of benzene rings is 1. The van der Waals surface area contributed by atoms with Gasteiger partial charge in [0.05, 0.1) is 20.6 Å². The fourth-order valence-electron chi connectivity index (χ4n) is 2.50. The Bertz CT molecular complexity index is 770. The number of hydrogen-bond acceptors (Lipinski definition) is 2. The normalized spacial score (nSPS) is 13.0. The van der Waals surface area contributed by atoms with Crippen molar-refractivity contribution in [3.8, 4) is 0 Å². The molecule has 0 aliphatic carbocycles. The summed E-state index contributed by atoms with van der Waals surface area (Å²) in [6.45, 7) is 2.11. The topological polar surface area (TPSA) is 17.8 Å². The van der Waals surface area contributed by atoms with Crippen LogP contribution in [0, 0.1) is 9.39 Å². The second kappa shape index (κ2) is 6.22. The molecule has 0 saturated carbocycles. The number of rotatable bonds is 4. The monoisotopic (exact) mass is 434 g/mol. The maximum absolute atomic E-state index is 14.0. The van der Waals surface area contributed by atoms with E-state index in [2.05, 4.69) is 33.3 Å². The zero-order valence-corrected chi connectivity index (χ0v) is 15.0. The van der Waals surface area contributed by atoms with Gasteiger partial charge in [0.15, 0.2) is 0 Å². The van der Waals surface area contributed by atoms with E-state index in [1.165, 1.54) is 5.56 Å². The molecule has 3 aromatic rings. The number of aromatic nitrogens is 2. The van der Waals surface area contributed by atoms with Crippen molar-refractivity contribution in [1.29, 1.82) is 0 Å². The van der Waals surface area contributed by atoms with Gasteiger partial charge >= 0.3 is 0 Å². The maximum atomic E-state index is 14.0. The molecule has 2 aromatic heterocycles. The molecule has 0 amide bonds. The molecule has 0 saturated heterocycles. The van der Waals surface area contributed by atoms with Crippen LogP contribution in [0.1, 0.15) is 24.4 Å². The number of aryl methyl sites for hydroxylation is 1. The van der Waals surface area contributed by atoms with Gasteiger partial charge in [0.1, 0.15) is 11.6 Å². The van der Waals surface area contributed by atoms with Crippen molar-refractivity contribution in [3.63, 3.8) is 0 Å². The van der Waals surface area contributed by atoms with E-state index >= 15 is 0 Å². The van der Waals surface area contributed by atoms with E-state index in [9.17, 15) is 4.39 Å². The molecule has 0 N–H and O–H groups in total. The molecule has 0 aliphatic rings. The van der Waals surface area contributed by atoms with Crippen LogP contribution in [0.2, 0.25) is 0 Å². The summed E-state index contributed by atoms with van der Waals surface area (Å²) >= 11 is 9.56. The van der Waals surface area contributed by atoms with Crippen LogP contribution in [0.15, 0.2) is 29.0 Å². The van der Waals surface area contributed by atoms with E-state index in [-0.39, 0.29) is 11.9 Å². The Hall–Kier alpha value is -0.660. The first-order chi connectivity index (χ1) is 10.1. The third kappa shape index (κ3) is 2.83. The van der Waals surface area contributed by atoms with Gasteiger partial charge in [0, 0.05) is 18.4 Å². The molecule has 2 heterocycles. The van der Waals surface area contributed by atoms with Crippen molar-refractivity contribution in [2.24, 2.45) is 0 Å². The Morgan fingerprint density at radius 1 is 1.48 bits per heavy atom. The highest BCUT2D eigenvalue weighted by Crippen LogP contribution is 2.29. The Kier molecular flexibility index (Phi) is 4.51. The molecule has 6 heteroatoms. The van der Waals surface area contributed by atoms with Crippen LogP contribution in [0.5, 0.6) is 0 Å². The van der Waals surface area contributed by atoms with E-state index < -0.39 is 0 Å². The van der Waals surface area contributed by atoms with Gasteiger partial charge in [-0.3, -0.25) is 0 Å². The summed E-state index contributed by atoms with van der Waals surface area (Å²) in [7, 11) is 0. The van der Waals surface area contributed by atoms with Gasteiger partial charge in [0.25, 0.3) is 0 Å². The van der Waals surface area contributed by atoms with Crippen LogP contribution in [0.4, 0.5) is 4.39 Å². The highest BCUT2D eigenvalue weighted by Gasteiger charge is 2.18. The largest absolute Gasteiger partial charge is 0.320 e. The lowest BCUT2D eigenvalue weighted by atomic mass is 10.1. The van der Waals surface area contributed by atoms with Crippen LogP contribution in [0.3, 0.4) is 0 Å².